The molecule has 6 nitrogen and oxygen atoms in total. The molecule has 2 heterocycles. The van der Waals surface area contributed by atoms with E-state index in [4.69, 9.17) is 0 Å². The highest BCUT2D eigenvalue weighted by Gasteiger charge is 2.17. The third kappa shape index (κ3) is 4.26. The first-order chi connectivity index (χ1) is 12.6. The van der Waals surface area contributed by atoms with Crippen LogP contribution in [-0.4, -0.2) is 54.3 Å². The summed E-state index contributed by atoms with van der Waals surface area (Å²) >= 11 is 0. The highest BCUT2D eigenvalue weighted by Crippen LogP contribution is 2.18. The van der Waals surface area contributed by atoms with Crippen molar-refractivity contribution in [2.75, 3.05) is 42.9 Å². The van der Waals surface area contributed by atoms with Crippen LogP contribution in [0.4, 0.5) is 11.4 Å². The highest BCUT2D eigenvalue weighted by molar-refractivity contribution is 6.03. The van der Waals surface area contributed by atoms with Crippen LogP contribution in [0.2, 0.25) is 0 Å². The lowest BCUT2D eigenvalue weighted by Gasteiger charge is -2.35. The summed E-state index contributed by atoms with van der Waals surface area (Å²) in [5, 5.41) is 2.83. The molecule has 2 aromatic rings. The number of ketones is 1. The van der Waals surface area contributed by atoms with E-state index < -0.39 is 0 Å². The summed E-state index contributed by atoms with van der Waals surface area (Å²) in [5.41, 5.74) is 2.67. The van der Waals surface area contributed by atoms with Gasteiger partial charge >= 0.3 is 0 Å². The van der Waals surface area contributed by atoms with E-state index in [1.165, 1.54) is 6.92 Å². The molecule has 0 spiro atoms. The predicted molar refractivity (Wildman–Crippen MR) is 103 cm³/mol. The fourth-order valence-corrected chi connectivity index (χ4v) is 3.05. The minimum atomic E-state index is -0.255. The van der Waals surface area contributed by atoms with E-state index in [0.717, 1.165) is 38.4 Å². The van der Waals surface area contributed by atoms with Crippen LogP contribution < -0.4 is 10.2 Å². The molecule has 1 aliphatic rings. The van der Waals surface area contributed by atoms with Crippen molar-refractivity contribution in [1.29, 1.82) is 0 Å². The van der Waals surface area contributed by atoms with Crippen LogP contribution in [0.3, 0.4) is 0 Å². The fraction of sp³-hybridized carbons (Fsp3) is 0.350. The van der Waals surface area contributed by atoms with Crippen LogP contribution in [0.5, 0.6) is 0 Å². The molecular weight excluding hydrogens is 328 g/mol. The summed E-state index contributed by atoms with van der Waals surface area (Å²) in [5.74, 6) is -0.255. The third-order valence-electron chi connectivity index (χ3n) is 4.71. The normalized spacial score (nSPS) is 14.9. The Labute approximate surface area is 153 Å². The van der Waals surface area contributed by atoms with Gasteiger partial charge in [0, 0.05) is 49.3 Å². The van der Waals surface area contributed by atoms with Crippen molar-refractivity contribution >= 4 is 23.1 Å². The number of hydrogen-bond acceptors (Lipinski definition) is 5. The van der Waals surface area contributed by atoms with Crippen LogP contribution in [-0.2, 0) is 0 Å². The van der Waals surface area contributed by atoms with E-state index in [9.17, 15) is 9.59 Å². The molecule has 1 N–H and O–H groups in total. The Morgan fingerprint density at radius 2 is 1.77 bits per heavy atom. The van der Waals surface area contributed by atoms with Crippen molar-refractivity contribution in [3.8, 4) is 0 Å². The van der Waals surface area contributed by atoms with Crippen LogP contribution in [0.25, 0.3) is 0 Å². The Morgan fingerprint density at radius 3 is 2.38 bits per heavy atom. The number of nitrogens with zero attached hydrogens (tertiary/aromatic N) is 3. The second-order valence-electron chi connectivity index (χ2n) is 6.41. The average molecular weight is 352 g/mol. The Bertz CT molecular complexity index is 781. The molecule has 0 radical (unpaired) electrons. The maximum absolute atomic E-state index is 12.5. The van der Waals surface area contributed by atoms with E-state index in [1.54, 1.807) is 30.5 Å². The molecule has 6 heteroatoms. The van der Waals surface area contributed by atoms with Gasteiger partial charge in [-0.1, -0.05) is 6.92 Å². The van der Waals surface area contributed by atoms with Crippen LogP contribution >= 0.6 is 0 Å². The Kier molecular flexibility index (Phi) is 5.63. The third-order valence-corrected chi connectivity index (χ3v) is 4.71. The van der Waals surface area contributed by atoms with Gasteiger partial charge in [-0.2, -0.15) is 0 Å². The summed E-state index contributed by atoms with van der Waals surface area (Å²) in [7, 11) is 0. The quantitative estimate of drug-likeness (QED) is 0.838. The molecule has 136 valence electrons. The smallest absolute Gasteiger partial charge is 0.274 e. The van der Waals surface area contributed by atoms with E-state index in [-0.39, 0.29) is 11.7 Å². The molecule has 0 unspecified atom stereocenters. The molecule has 1 aromatic carbocycles. The second-order valence-corrected chi connectivity index (χ2v) is 6.41. The number of rotatable bonds is 5. The Morgan fingerprint density at radius 1 is 1.08 bits per heavy atom. The Hall–Kier alpha value is -2.73. The lowest BCUT2D eigenvalue weighted by Crippen LogP contribution is -2.46. The number of Topliss-reactive ketones (excluding diaryl/α,β-unsaturated/α-hetero) is 1. The first kappa shape index (κ1) is 18.1. The van der Waals surface area contributed by atoms with E-state index in [2.05, 4.69) is 27.0 Å². The minimum Gasteiger partial charge on any atom is -0.369 e. The molecule has 3 rings (SSSR count). The second kappa shape index (κ2) is 8.10. The first-order valence-corrected chi connectivity index (χ1v) is 8.92. The molecule has 0 bridgehead atoms. The van der Waals surface area contributed by atoms with Crippen molar-refractivity contribution in [3.63, 3.8) is 0 Å². The number of benzene rings is 1. The maximum atomic E-state index is 12.5. The molecule has 0 saturated carbocycles. The van der Waals surface area contributed by atoms with Crippen molar-refractivity contribution in [1.82, 2.24) is 9.88 Å². The largest absolute Gasteiger partial charge is 0.369 e. The van der Waals surface area contributed by atoms with Gasteiger partial charge in [-0.05, 0) is 49.9 Å². The molecule has 1 aromatic heterocycles. The number of aromatic nitrogens is 1. The molecule has 1 fully saturated rings. The van der Waals surface area contributed by atoms with Gasteiger partial charge in [0.25, 0.3) is 5.91 Å². The lowest BCUT2D eigenvalue weighted by atomic mass is 10.1. The zero-order chi connectivity index (χ0) is 18.5. The molecule has 26 heavy (non-hydrogen) atoms. The van der Waals surface area contributed by atoms with Gasteiger partial charge in [-0.25, -0.2) is 0 Å². The van der Waals surface area contributed by atoms with E-state index in [1.807, 2.05) is 12.1 Å². The molecule has 0 aliphatic carbocycles. The molecule has 1 aliphatic heterocycles. The summed E-state index contributed by atoms with van der Waals surface area (Å²) in [4.78, 5) is 32.7. The standard InChI is InChI=1S/C20H24N4O2/c1-3-23-10-12-24(13-11-23)18-8-9-21-19(14-18)20(26)22-17-6-4-16(5-7-17)15(2)25/h4-9,14H,3,10-13H2,1-2H3,(H,22,26). The number of anilines is 2. The van der Waals surface area contributed by atoms with Crippen molar-refractivity contribution in [2.45, 2.75) is 13.8 Å². The maximum Gasteiger partial charge on any atom is 0.274 e. The summed E-state index contributed by atoms with van der Waals surface area (Å²) in [6, 6.07) is 10.6. The van der Waals surface area contributed by atoms with Gasteiger partial charge in [0.05, 0.1) is 0 Å². The van der Waals surface area contributed by atoms with Crippen molar-refractivity contribution in [2.24, 2.45) is 0 Å². The van der Waals surface area contributed by atoms with Gasteiger partial charge in [0.1, 0.15) is 5.69 Å². The summed E-state index contributed by atoms with van der Waals surface area (Å²) in [6.07, 6.45) is 1.68. The van der Waals surface area contributed by atoms with Gasteiger partial charge < -0.3 is 15.1 Å². The SMILES string of the molecule is CCN1CCN(c2ccnc(C(=O)Nc3ccc(C(C)=O)cc3)c2)CC1. The lowest BCUT2D eigenvalue weighted by molar-refractivity contribution is 0.101. The van der Waals surface area contributed by atoms with Crippen molar-refractivity contribution < 1.29 is 9.59 Å². The first-order valence-electron chi connectivity index (χ1n) is 8.92. The number of piperazine rings is 1. The van der Waals surface area contributed by atoms with Crippen LogP contribution in [0, 0.1) is 0 Å². The number of hydrogen-bond donors (Lipinski definition) is 1. The van der Waals surface area contributed by atoms with Gasteiger partial charge in [0.15, 0.2) is 5.78 Å². The molecule has 1 saturated heterocycles. The average Bonchev–Trinajstić information content (AvgIpc) is 2.68. The zero-order valence-electron chi connectivity index (χ0n) is 15.2. The highest BCUT2D eigenvalue weighted by atomic mass is 16.2. The fourth-order valence-electron chi connectivity index (χ4n) is 3.05. The molecule has 1 amide bonds. The number of nitrogens with one attached hydrogen (secondary N) is 1. The zero-order valence-corrected chi connectivity index (χ0v) is 15.2. The summed E-state index contributed by atoms with van der Waals surface area (Å²) in [6.45, 7) is 8.72. The van der Waals surface area contributed by atoms with Gasteiger partial charge in [-0.15, -0.1) is 0 Å². The Balaban J connectivity index is 1.67. The monoisotopic (exact) mass is 352 g/mol. The van der Waals surface area contributed by atoms with Gasteiger partial charge in [0.2, 0.25) is 0 Å². The van der Waals surface area contributed by atoms with Gasteiger partial charge in [-0.3, -0.25) is 14.6 Å². The predicted octanol–water partition coefficient (Wildman–Crippen LogP) is 2.68. The number of pyridine rings is 1. The topological polar surface area (TPSA) is 65.5 Å². The number of carbonyl (C=O) groups is 2. The molecular formula is C20H24N4O2. The van der Waals surface area contributed by atoms with Crippen LogP contribution in [0.15, 0.2) is 42.6 Å². The van der Waals surface area contributed by atoms with Crippen molar-refractivity contribution in [3.05, 3.63) is 53.9 Å². The number of carbonyl (C=O) groups excluding carboxylic acids is 2. The number of amides is 1. The molecule has 0 atom stereocenters. The van der Waals surface area contributed by atoms with Crippen LogP contribution in [0.1, 0.15) is 34.7 Å². The number of likely N-dealkylation sites (N-methyl/N-ethyl adjacent to an activating group) is 1. The summed E-state index contributed by atoms with van der Waals surface area (Å²) < 4.78 is 0. The van der Waals surface area contributed by atoms with E-state index >= 15 is 0 Å². The minimum absolute atomic E-state index is 0.000384. The van der Waals surface area contributed by atoms with E-state index in [0.29, 0.717) is 16.9 Å².